The van der Waals surface area contributed by atoms with Crippen molar-refractivity contribution in [1.29, 1.82) is 0 Å². The highest BCUT2D eigenvalue weighted by Crippen LogP contribution is 2.38. The van der Waals surface area contributed by atoms with Gasteiger partial charge in [0.25, 0.3) is 0 Å². The third-order valence-electron chi connectivity index (χ3n) is 11.0. The van der Waals surface area contributed by atoms with E-state index in [-0.39, 0.29) is 13.2 Å². The molecule has 6 nitrogen and oxygen atoms in total. The van der Waals surface area contributed by atoms with Gasteiger partial charge in [-0.3, -0.25) is 9.59 Å². The maximum absolute atomic E-state index is 12.4. The smallest absolute Gasteiger partial charge is 0.317 e. The lowest BCUT2D eigenvalue weighted by atomic mass is 9.92. The first-order valence-electron chi connectivity index (χ1n) is 19.1. The number of esters is 2. The molecular weight excluding hydrogens is 709 g/mol. The summed E-state index contributed by atoms with van der Waals surface area (Å²) in [5, 5.41) is 14.8. The molecule has 0 aliphatic heterocycles. The van der Waals surface area contributed by atoms with Gasteiger partial charge in [-0.15, -0.1) is 0 Å². The second kappa shape index (κ2) is 14.5. The van der Waals surface area contributed by atoms with Crippen LogP contribution in [0.1, 0.15) is 28.7 Å². The molecule has 10 aromatic carbocycles. The molecule has 0 aliphatic carbocycles. The normalized spacial score (nSPS) is 11.6. The van der Waals surface area contributed by atoms with Gasteiger partial charge in [-0.1, -0.05) is 133 Å². The van der Waals surface area contributed by atoms with Crippen molar-refractivity contribution in [2.24, 2.45) is 0 Å². The molecule has 10 aromatic rings. The fourth-order valence-electron chi connectivity index (χ4n) is 8.08. The molecule has 0 bridgehead atoms. The highest BCUT2D eigenvalue weighted by atomic mass is 16.6. The van der Waals surface area contributed by atoms with Crippen molar-refractivity contribution in [3.05, 3.63) is 180 Å². The first kappa shape index (κ1) is 34.3. The zero-order valence-electron chi connectivity index (χ0n) is 31.0. The van der Waals surface area contributed by atoms with Gasteiger partial charge in [-0.05, 0) is 111 Å². The highest BCUT2D eigenvalue weighted by Gasteiger charge is 2.15. The second-order valence-electron chi connectivity index (χ2n) is 14.5. The Labute approximate surface area is 328 Å². The van der Waals surface area contributed by atoms with Gasteiger partial charge in [0.05, 0.1) is 0 Å². The van der Waals surface area contributed by atoms with E-state index in [2.05, 4.69) is 109 Å². The molecule has 0 fully saturated rings. The summed E-state index contributed by atoms with van der Waals surface area (Å²) in [6.45, 7) is 0.924. The summed E-state index contributed by atoms with van der Waals surface area (Å²) in [5.74, 6) is 0.125. The van der Waals surface area contributed by atoms with Crippen LogP contribution in [-0.4, -0.2) is 11.9 Å². The average Bonchev–Trinajstić information content (AvgIpc) is 3.25. The molecule has 0 saturated carbocycles. The first-order chi connectivity index (χ1) is 28.0. The molecule has 0 spiro atoms. The Bertz CT molecular complexity index is 2830. The number of hydrogen-bond donors (Lipinski definition) is 0. The Morgan fingerprint density at radius 1 is 0.351 bits per heavy atom. The molecule has 0 amide bonds. The van der Waals surface area contributed by atoms with Crippen LogP contribution in [0.2, 0.25) is 0 Å². The van der Waals surface area contributed by atoms with Gasteiger partial charge < -0.3 is 18.9 Å². The lowest BCUT2D eigenvalue weighted by Crippen LogP contribution is -2.13. The van der Waals surface area contributed by atoms with Crippen LogP contribution < -0.4 is 9.47 Å². The number of hydrogen-bond acceptors (Lipinski definition) is 6. The molecule has 0 radical (unpaired) electrons. The van der Waals surface area contributed by atoms with E-state index in [4.69, 9.17) is 18.9 Å². The standard InChI is InChI=1S/C51H36O6/c52-46(56-28-32-7-21-42(22-8-32)54-30-40-17-15-38-13-11-34-3-1-5-36-19-25-44(40)50(38)48(34)36)27-47(53)57-29-33-9-23-43(24-10-33)55-31-41-18-16-39-14-12-35-4-2-6-37-20-26-45(41)51(39)49(35)37/h1-26H,27-31H2. The van der Waals surface area contributed by atoms with E-state index in [0.29, 0.717) is 24.7 Å². The third kappa shape index (κ3) is 6.65. The molecule has 0 aliphatic rings. The third-order valence-corrected chi connectivity index (χ3v) is 11.0. The zero-order chi connectivity index (χ0) is 38.3. The summed E-state index contributed by atoms with van der Waals surface area (Å²) in [5.41, 5.74) is 3.80. The Kier molecular flexibility index (Phi) is 8.72. The van der Waals surface area contributed by atoms with Crippen molar-refractivity contribution in [2.45, 2.75) is 32.8 Å². The van der Waals surface area contributed by atoms with Gasteiger partial charge in [-0.25, -0.2) is 0 Å². The van der Waals surface area contributed by atoms with Gasteiger partial charge in [0.15, 0.2) is 0 Å². The van der Waals surface area contributed by atoms with Crippen LogP contribution in [0.5, 0.6) is 11.5 Å². The summed E-state index contributed by atoms with van der Waals surface area (Å²) < 4.78 is 23.1. The van der Waals surface area contributed by atoms with E-state index >= 15 is 0 Å². The molecule has 6 heteroatoms. The minimum Gasteiger partial charge on any atom is -0.489 e. The van der Waals surface area contributed by atoms with E-state index in [9.17, 15) is 9.59 Å². The lowest BCUT2D eigenvalue weighted by Gasteiger charge is -2.14. The number of ether oxygens (including phenoxy) is 4. The first-order valence-corrected chi connectivity index (χ1v) is 19.1. The van der Waals surface area contributed by atoms with Crippen molar-refractivity contribution in [1.82, 2.24) is 0 Å². The fraction of sp³-hybridized carbons (Fsp3) is 0.0980. The molecule has 0 atom stereocenters. The molecule has 57 heavy (non-hydrogen) atoms. The van der Waals surface area contributed by atoms with Gasteiger partial charge in [-0.2, -0.15) is 0 Å². The molecule has 0 aromatic heterocycles. The molecule has 0 N–H and O–H groups in total. The predicted octanol–water partition coefficient (Wildman–Crippen LogP) is 11.8. The van der Waals surface area contributed by atoms with Crippen LogP contribution >= 0.6 is 0 Å². The van der Waals surface area contributed by atoms with E-state index in [0.717, 1.165) is 22.3 Å². The lowest BCUT2D eigenvalue weighted by molar-refractivity contribution is -0.156. The second-order valence-corrected chi connectivity index (χ2v) is 14.5. The van der Waals surface area contributed by atoms with Crippen LogP contribution in [0.3, 0.4) is 0 Å². The zero-order valence-corrected chi connectivity index (χ0v) is 31.0. The summed E-state index contributed by atoms with van der Waals surface area (Å²) in [4.78, 5) is 24.9. The summed E-state index contributed by atoms with van der Waals surface area (Å²) in [6, 6.07) is 53.6. The highest BCUT2D eigenvalue weighted by molar-refractivity contribution is 6.24. The van der Waals surface area contributed by atoms with Crippen molar-refractivity contribution in [3.63, 3.8) is 0 Å². The van der Waals surface area contributed by atoms with Crippen molar-refractivity contribution >= 4 is 76.6 Å². The van der Waals surface area contributed by atoms with Crippen LogP contribution in [0.15, 0.2) is 158 Å². The van der Waals surface area contributed by atoms with Crippen molar-refractivity contribution in [3.8, 4) is 11.5 Å². The minimum absolute atomic E-state index is 0.0392. The number of rotatable bonds is 12. The Morgan fingerprint density at radius 2 is 0.702 bits per heavy atom. The van der Waals surface area contributed by atoms with Crippen LogP contribution in [0.4, 0.5) is 0 Å². The summed E-state index contributed by atoms with van der Waals surface area (Å²) >= 11 is 0. The average molecular weight is 745 g/mol. The van der Waals surface area contributed by atoms with E-state index in [1.54, 1.807) is 0 Å². The fourth-order valence-corrected chi connectivity index (χ4v) is 8.08. The Balaban J connectivity index is 0.686. The van der Waals surface area contributed by atoms with E-state index in [1.807, 2.05) is 48.5 Å². The van der Waals surface area contributed by atoms with E-state index in [1.165, 1.54) is 64.6 Å². The van der Waals surface area contributed by atoms with Crippen molar-refractivity contribution in [2.75, 3.05) is 0 Å². The Morgan fingerprint density at radius 3 is 1.11 bits per heavy atom. The number of carbonyl (C=O) groups excluding carboxylic acids is 2. The van der Waals surface area contributed by atoms with Crippen molar-refractivity contribution < 1.29 is 28.5 Å². The largest absolute Gasteiger partial charge is 0.489 e. The SMILES string of the molecule is O=C(CC(=O)OCc1ccc(OCc2ccc3ccc4cccc5ccc2c3c45)cc1)OCc1ccc(OCc2ccc3ccc4cccc5ccc2c3c45)cc1. The molecule has 10 rings (SSSR count). The Hall–Kier alpha value is -7.18. The maximum Gasteiger partial charge on any atom is 0.317 e. The van der Waals surface area contributed by atoms with E-state index < -0.39 is 18.4 Å². The quantitative estimate of drug-likeness (QED) is 0.0705. The van der Waals surface area contributed by atoms with Crippen LogP contribution in [-0.2, 0) is 45.5 Å². The molecule has 0 heterocycles. The number of carbonyl (C=O) groups is 2. The monoisotopic (exact) mass is 744 g/mol. The topological polar surface area (TPSA) is 71.1 Å². The molecule has 276 valence electrons. The minimum atomic E-state index is -0.648. The van der Waals surface area contributed by atoms with Gasteiger partial charge in [0.2, 0.25) is 0 Å². The molecule has 0 saturated heterocycles. The molecule has 0 unspecified atom stereocenters. The van der Waals surface area contributed by atoms with Gasteiger partial charge in [0, 0.05) is 0 Å². The molecular formula is C51H36O6. The van der Waals surface area contributed by atoms with Gasteiger partial charge >= 0.3 is 11.9 Å². The summed E-state index contributed by atoms with van der Waals surface area (Å²) in [6.07, 6.45) is -0.471. The maximum atomic E-state index is 12.4. The summed E-state index contributed by atoms with van der Waals surface area (Å²) in [7, 11) is 0. The van der Waals surface area contributed by atoms with Gasteiger partial charge in [0.1, 0.15) is 44.3 Å². The van der Waals surface area contributed by atoms with Crippen LogP contribution in [0.25, 0.3) is 64.6 Å². The van der Waals surface area contributed by atoms with Crippen LogP contribution in [0, 0.1) is 0 Å². The predicted molar refractivity (Wildman–Crippen MR) is 226 cm³/mol. The number of benzene rings is 10.